The Hall–Kier alpha value is -0.880. The highest BCUT2D eigenvalue weighted by atomic mass is 31.2. The first-order chi connectivity index (χ1) is 12.7. The van der Waals surface area contributed by atoms with Gasteiger partial charge in [-0.25, -0.2) is 4.44 Å². The molecule has 26 heavy (non-hydrogen) atoms. The van der Waals surface area contributed by atoms with Gasteiger partial charge in [-0.05, 0) is 70.6 Å². The first-order valence-electron chi connectivity index (χ1n) is 9.75. The predicted octanol–water partition coefficient (Wildman–Crippen LogP) is 6.24. The molecular weight excluding hydrogens is 360 g/mol. The van der Waals surface area contributed by atoms with E-state index >= 15 is 0 Å². The Morgan fingerprint density at radius 3 is 2.31 bits per heavy atom. The van der Waals surface area contributed by atoms with Gasteiger partial charge in [0, 0.05) is 12.2 Å². The monoisotopic (exact) mass is 391 g/mol. The van der Waals surface area contributed by atoms with Crippen molar-refractivity contribution in [3.8, 4) is 0 Å². The van der Waals surface area contributed by atoms with Crippen molar-refractivity contribution in [3.05, 3.63) is 48.9 Å². The Labute approximate surface area is 160 Å². The molecule has 1 fully saturated rings. The van der Waals surface area contributed by atoms with Crippen LogP contribution in [0.25, 0.3) is 0 Å². The summed E-state index contributed by atoms with van der Waals surface area (Å²) in [6.45, 7) is 12.3. The van der Waals surface area contributed by atoms with Crippen LogP contribution in [0, 0.1) is 0 Å². The van der Waals surface area contributed by atoms with Crippen LogP contribution >= 0.6 is 16.1 Å². The van der Waals surface area contributed by atoms with Crippen molar-refractivity contribution in [1.29, 1.82) is 0 Å². The minimum atomic E-state index is -0.759. The van der Waals surface area contributed by atoms with Gasteiger partial charge >= 0.3 is 0 Å². The molecule has 3 nitrogen and oxygen atoms in total. The molecule has 0 saturated carbocycles. The zero-order valence-electron chi connectivity index (χ0n) is 16.2. The van der Waals surface area contributed by atoms with E-state index in [-0.39, 0.29) is 8.07 Å². The van der Waals surface area contributed by atoms with Crippen LogP contribution in [0.15, 0.2) is 57.8 Å². The van der Waals surface area contributed by atoms with E-state index in [4.69, 9.17) is 8.83 Å². The minimum Gasteiger partial charge on any atom is -0.463 e. The van der Waals surface area contributed by atoms with Crippen molar-refractivity contribution >= 4 is 27.1 Å². The van der Waals surface area contributed by atoms with E-state index in [2.05, 4.69) is 43.9 Å². The van der Waals surface area contributed by atoms with Crippen LogP contribution in [0.5, 0.6) is 0 Å². The zero-order chi connectivity index (χ0) is 18.5. The molecule has 1 saturated heterocycles. The van der Waals surface area contributed by atoms with Gasteiger partial charge in [-0.2, -0.15) is 0 Å². The lowest BCUT2D eigenvalue weighted by Gasteiger charge is -2.40. The van der Waals surface area contributed by atoms with Crippen LogP contribution in [0.4, 0.5) is 0 Å². The number of rotatable bonds is 9. The van der Waals surface area contributed by atoms with Crippen LogP contribution in [-0.2, 0) is 0 Å². The molecule has 0 aromatic carbocycles. The van der Waals surface area contributed by atoms with Crippen molar-refractivity contribution in [3.63, 3.8) is 0 Å². The van der Waals surface area contributed by atoms with E-state index in [1.807, 2.05) is 12.1 Å². The Balaban J connectivity index is 2.03. The molecular formula is C21H31NO2P2. The second-order valence-corrected chi connectivity index (χ2v) is 11.9. The van der Waals surface area contributed by atoms with Crippen molar-refractivity contribution in [2.45, 2.75) is 64.2 Å². The van der Waals surface area contributed by atoms with E-state index in [0.29, 0.717) is 5.66 Å². The first-order valence-corrected chi connectivity index (χ1v) is 12.5. The summed E-state index contributed by atoms with van der Waals surface area (Å²) in [5.41, 5.74) is 4.86. The normalized spacial score (nSPS) is 23.2. The average Bonchev–Trinajstić information content (AvgIpc) is 3.39. The average molecular weight is 391 g/mol. The van der Waals surface area contributed by atoms with Crippen LogP contribution < -0.4 is 11.0 Å². The van der Waals surface area contributed by atoms with E-state index in [0.717, 1.165) is 23.2 Å². The molecule has 1 aliphatic heterocycles. The lowest BCUT2D eigenvalue weighted by atomic mass is 10.1. The van der Waals surface area contributed by atoms with E-state index in [1.54, 1.807) is 12.5 Å². The van der Waals surface area contributed by atoms with Gasteiger partial charge < -0.3 is 8.83 Å². The standard InChI is InChI=1S/C21H31NO2P2/c1-5-7-14-22(25-18(6-2)12-13-19(25)17(3)4)26(20-10-8-15-23-20)21-11-9-16-24-21/h8-11,15-16,18-19H,3,5-7,12-14H2,1-2,4H3/t18-,19+,25?/m1/s1. The van der Waals surface area contributed by atoms with E-state index in [1.165, 1.54) is 37.7 Å². The molecule has 2 aromatic heterocycles. The second-order valence-electron chi connectivity index (χ2n) is 7.05. The van der Waals surface area contributed by atoms with Crippen molar-refractivity contribution in [2.24, 2.45) is 0 Å². The van der Waals surface area contributed by atoms with E-state index in [9.17, 15) is 0 Å². The molecule has 5 heteroatoms. The molecule has 0 N–H and O–H groups in total. The highest BCUT2D eigenvalue weighted by molar-refractivity contribution is 7.79. The maximum Gasteiger partial charge on any atom is 0.148 e. The summed E-state index contributed by atoms with van der Waals surface area (Å²) in [6.07, 6.45) is 9.84. The molecule has 1 unspecified atom stereocenters. The van der Waals surface area contributed by atoms with Gasteiger partial charge in [0.25, 0.3) is 0 Å². The number of furan rings is 2. The third kappa shape index (κ3) is 4.16. The van der Waals surface area contributed by atoms with Crippen molar-refractivity contribution < 1.29 is 8.83 Å². The largest absolute Gasteiger partial charge is 0.463 e. The molecule has 2 aromatic rings. The molecule has 3 heterocycles. The third-order valence-corrected chi connectivity index (χ3v) is 11.8. The summed E-state index contributed by atoms with van der Waals surface area (Å²) < 4.78 is 14.6. The smallest absolute Gasteiger partial charge is 0.148 e. The Morgan fingerprint density at radius 1 is 1.19 bits per heavy atom. The fraction of sp³-hybridized carbons (Fsp3) is 0.524. The lowest BCUT2D eigenvalue weighted by Crippen LogP contribution is -2.29. The number of hydrogen-bond acceptors (Lipinski definition) is 3. The van der Waals surface area contributed by atoms with Gasteiger partial charge in [0.05, 0.1) is 12.5 Å². The van der Waals surface area contributed by atoms with Crippen LogP contribution in [0.2, 0.25) is 0 Å². The Bertz CT molecular complexity index is 634. The van der Waals surface area contributed by atoms with Gasteiger partial charge in [-0.1, -0.05) is 32.4 Å². The summed E-state index contributed by atoms with van der Waals surface area (Å²) in [4.78, 5) is 0. The third-order valence-electron chi connectivity index (χ3n) is 5.15. The quantitative estimate of drug-likeness (QED) is 0.374. The topological polar surface area (TPSA) is 29.5 Å². The molecule has 0 radical (unpaired) electrons. The summed E-state index contributed by atoms with van der Waals surface area (Å²) >= 11 is 0. The molecule has 3 atom stereocenters. The molecule has 0 spiro atoms. The Morgan fingerprint density at radius 2 is 1.85 bits per heavy atom. The van der Waals surface area contributed by atoms with Gasteiger partial charge in [0.1, 0.15) is 19.1 Å². The van der Waals surface area contributed by atoms with Crippen LogP contribution in [0.1, 0.15) is 52.9 Å². The fourth-order valence-corrected chi connectivity index (χ4v) is 11.0. The number of hydrogen-bond donors (Lipinski definition) is 0. The Kier molecular flexibility index (Phi) is 7.15. The zero-order valence-corrected chi connectivity index (χ0v) is 18.0. The lowest BCUT2D eigenvalue weighted by molar-refractivity contribution is 0.573. The highest BCUT2D eigenvalue weighted by Gasteiger charge is 2.43. The first kappa shape index (κ1) is 19.9. The van der Waals surface area contributed by atoms with Crippen molar-refractivity contribution in [1.82, 2.24) is 4.44 Å². The SMILES string of the molecule is C=C(C)[C@@H]1CC[C@@H](CC)P1N(CCCC)P(c1ccco1)c1ccco1. The molecule has 0 amide bonds. The van der Waals surface area contributed by atoms with Gasteiger partial charge in [0.15, 0.2) is 0 Å². The highest BCUT2D eigenvalue weighted by Crippen LogP contribution is 2.67. The number of nitrogens with zero attached hydrogens (tertiary/aromatic N) is 1. The second kappa shape index (κ2) is 9.36. The number of unbranched alkanes of at least 4 members (excludes halogenated alkanes) is 1. The molecule has 142 valence electrons. The summed E-state index contributed by atoms with van der Waals surface area (Å²) in [5, 5.41) is 0. The molecule has 3 rings (SSSR count). The van der Waals surface area contributed by atoms with E-state index < -0.39 is 8.07 Å². The number of allylic oxidation sites excluding steroid dienone is 1. The maximum absolute atomic E-state index is 5.92. The molecule has 0 bridgehead atoms. The van der Waals surface area contributed by atoms with Gasteiger partial charge in [0.2, 0.25) is 0 Å². The molecule has 0 aliphatic carbocycles. The van der Waals surface area contributed by atoms with Gasteiger partial charge in [-0.3, -0.25) is 0 Å². The predicted molar refractivity (Wildman–Crippen MR) is 114 cm³/mol. The summed E-state index contributed by atoms with van der Waals surface area (Å²) in [5.74, 6) is 0. The van der Waals surface area contributed by atoms with Gasteiger partial charge in [-0.15, -0.1) is 0 Å². The van der Waals surface area contributed by atoms with Crippen LogP contribution in [-0.4, -0.2) is 22.3 Å². The fourth-order valence-electron chi connectivity index (χ4n) is 3.82. The maximum atomic E-state index is 5.92. The van der Waals surface area contributed by atoms with Crippen LogP contribution in [0.3, 0.4) is 0 Å². The summed E-state index contributed by atoms with van der Waals surface area (Å²) in [6, 6.07) is 8.24. The summed E-state index contributed by atoms with van der Waals surface area (Å²) in [7, 11) is -1.05. The molecule has 1 aliphatic rings. The minimum absolute atomic E-state index is 0.293. The van der Waals surface area contributed by atoms with Crippen molar-refractivity contribution in [2.75, 3.05) is 6.54 Å².